The number of para-hydroxylation sites is 1. The first kappa shape index (κ1) is 14.6. The Morgan fingerprint density at radius 1 is 1.09 bits per heavy atom. The first-order valence-electron chi connectivity index (χ1n) is 7.94. The number of aryl methyl sites for hydroxylation is 1. The van der Waals surface area contributed by atoms with Gasteiger partial charge in [-0.1, -0.05) is 55.3 Å². The zero-order chi connectivity index (χ0) is 15.5. The van der Waals surface area contributed by atoms with Gasteiger partial charge in [0.15, 0.2) is 0 Å². The van der Waals surface area contributed by atoms with E-state index < -0.39 is 0 Å². The van der Waals surface area contributed by atoms with E-state index in [4.69, 9.17) is 0 Å². The highest BCUT2D eigenvalue weighted by Gasteiger charge is 2.32. The molecule has 1 amide bonds. The number of carbonyl (C=O) groups is 1. The van der Waals surface area contributed by atoms with Crippen LogP contribution in [-0.2, 0) is 0 Å². The summed E-state index contributed by atoms with van der Waals surface area (Å²) >= 11 is 0. The lowest BCUT2D eigenvalue weighted by atomic mass is 10.0. The van der Waals surface area contributed by atoms with E-state index in [0.29, 0.717) is 0 Å². The highest BCUT2D eigenvalue weighted by atomic mass is 16.2. The first-order valence-corrected chi connectivity index (χ1v) is 7.94. The summed E-state index contributed by atoms with van der Waals surface area (Å²) in [6.07, 6.45) is 2.00. The molecule has 1 atom stereocenters. The summed E-state index contributed by atoms with van der Waals surface area (Å²) in [6, 6.07) is 16.2. The second-order valence-corrected chi connectivity index (χ2v) is 5.86. The molecule has 0 spiro atoms. The minimum absolute atomic E-state index is 0.0884. The molecular weight excluding hydrogens is 272 g/mol. The van der Waals surface area contributed by atoms with Crippen LogP contribution in [0.1, 0.15) is 47.4 Å². The number of fused-ring (bicyclic) bond motifs is 1. The van der Waals surface area contributed by atoms with Crippen LogP contribution >= 0.6 is 0 Å². The molecule has 0 bridgehead atoms. The largest absolute Gasteiger partial charge is 0.361 e. The average Bonchev–Trinajstić information content (AvgIpc) is 2.55. The van der Waals surface area contributed by atoms with Gasteiger partial charge in [0, 0.05) is 12.2 Å². The van der Waals surface area contributed by atoms with E-state index >= 15 is 0 Å². The number of unbranched alkanes of at least 4 members (excludes halogenated alkanes) is 1. The van der Waals surface area contributed by atoms with Gasteiger partial charge in [-0.05, 0) is 31.0 Å². The monoisotopic (exact) mass is 294 g/mol. The number of hydrogen-bond acceptors (Lipinski definition) is 2. The van der Waals surface area contributed by atoms with Crippen LogP contribution in [-0.4, -0.2) is 17.4 Å². The topological polar surface area (TPSA) is 32.3 Å². The molecule has 22 heavy (non-hydrogen) atoms. The summed E-state index contributed by atoms with van der Waals surface area (Å²) in [6.45, 7) is 5.00. The van der Waals surface area contributed by atoms with Gasteiger partial charge in [0.1, 0.15) is 6.17 Å². The molecule has 3 nitrogen and oxygen atoms in total. The van der Waals surface area contributed by atoms with Crippen LogP contribution in [0.4, 0.5) is 5.69 Å². The van der Waals surface area contributed by atoms with Crippen molar-refractivity contribution in [2.75, 3.05) is 11.9 Å². The van der Waals surface area contributed by atoms with Crippen molar-refractivity contribution in [2.24, 2.45) is 0 Å². The van der Waals surface area contributed by atoms with Gasteiger partial charge >= 0.3 is 0 Å². The predicted octanol–water partition coefficient (Wildman–Crippen LogP) is 4.36. The van der Waals surface area contributed by atoms with Gasteiger partial charge in [0.05, 0.1) is 5.56 Å². The molecule has 0 radical (unpaired) electrons. The van der Waals surface area contributed by atoms with E-state index in [1.807, 2.05) is 29.2 Å². The van der Waals surface area contributed by atoms with E-state index in [-0.39, 0.29) is 12.1 Å². The minimum atomic E-state index is -0.0884. The summed E-state index contributed by atoms with van der Waals surface area (Å²) in [5.41, 5.74) is 4.05. The summed E-state index contributed by atoms with van der Waals surface area (Å²) in [5.74, 6) is 0.119. The molecule has 1 heterocycles. The summed E-state index contributed by atoms with van der Waals surface area (Å²) < 4.78 is 0. The molecule has 1 unspecified atom stereocenters. The van der Waals surface area contributed by atoms with Crippen LogP contribution in [0.15, 0.2) is 48.5 Å². The second kappa shape index (κ2) is 6.22. The Morgan fingerprint density at radius 2 is 1.82 bits per heavy atom. The lowest BCUT2D eigenvalue weighted by Gasteiger charge is -2.38. The van der Waals surface area contributed by atoms with Gasteiger partial charge in [-0.2, -0.15) is 0 Å². The molecule has 114 valence electrons. The average molecular weight is 294 g/mol. The number of benzene rings is 2. The van der Waals surface area contributed by atoms with E-state index in [9.17, 15) is 4.79 Å². The number of nitrogens with one attached hydrogen (secondary N) is 1. The number of anilines is 1. The van der Waals surface area contributed by atoms with Crippen LogP contribution in [0.5, 0.6) is 0 Å². The molecule has 3 rings (SSSR count). The lowest BCUT2D eigenvalue weighted by molar-refractivity contribution is 0.0680. The number of nitrogens with zero attached hydrogens (tertiary/aromatic N) is 1. The maximum Gasteiger partial charge on any atom is 0.257 e. The van der Waals surface area contributed by atoms with Crippen molar-refractivity contribution in [1.82, 2.24) is 4.90 Å². The van der Waals surface area contributed by atoms with Gasteiger partial charge < -0.3 is 10.2 Å². The Bertz CT molecular complexity index is 663. The standard InChI is InChI=1S/C19H22N2O/c1-3-4-13-21-18(15-11-9-14(2)10-12-15)20-17-8-6-5-7-16(17)19(21)22/h5-12,18,20H,3-4,13H2,1-2H3. The maximum absolute atomic E-state index is 12.9. The van der Waals surface area contributed by atoms with Crippen molar-refractivity contribution in [3.8, 4) is 0 Å². The van der Waals surface area contributed by atoms with Crippen molar-refractivity contribution < 1.29 is 4.79 Å². The molecule has 0 saturated heterocycles. The van der Waals surface area contributed by atoms with Crippen molar-refractivity contribution >= 4 is 11.6 Å². The van der Waals surface area contributed by atoms with Gasteiger partial charge in [0.25, 0.3) is 5.91 Å². The molecule has 1 N–H and O–H groups in total. The summed E-state index contributed by atoms with van der Waals surface area (Å²) in [5, 5.41) is 3.53. The molecule has 2 aromatic carbocycles. The summed E-state index contributed by atoms with van der Waals surface area (Å²) in [4.78, 5) is 14.8. The highest BCUT2D eigenvalue weighted by molar-refractivity contribution is 6.01. The Balaban J connectivity index is 1.99. The molecule has 0 saturated carbocycles. The Morgan fingerprint density at radius 3 is 2.55 bits per heavy atom. The van der Waals surface area contributed by atoms with E-state index in [1.54, 1.807) is 0 Å². The molecule has 0 aliphatic carbocycles. The SMILES string of the molecule is CCCCN1C(=O)c2ccccc2NC1c1ccc(C)cc1. The fourth-order valence-electron chi connectivity index (χ4n) is 2.86. The third-order valence-corrected chi connectivity index (χ3v) is 4.17. The van der Waals surface area contributed by atoms with Crippen molar-refractivity contribution in [3.63, 3.8) is 0 Å². The first-order chi connectivity index (χ1) is 10.7. The molecule has 2 aromatic rings. The molecule has 1 aliphatic heterocycles. The van der Waals surface area contributed by atoms with Crippen molar-refractivity contribution in [1.29, 1.82) is 0 Å². The Hall–Kier alpha value is -2.29. The highest BCUT2D eigenvalue weighted by Crippen LogP contribution is 2.33. The van der Waals surface area contributed by atoms with Crippen LogP contribution in [0.2, 0.25) is 0 Å². The zero-order valence-corrected chi connectivity index (χ0v) is 13.2. The fourth-order valence-corrected chi connectivity index (χ4v) is 2.86. The van der Waals surface area contributed by atoms with Gasteiger partial charge in [-0.15, -0.1) is 0 Å². The van der Waals surface area contributed by atoms with Gasteiger partial charge in [-0.25, -0.2) is 0 Å². The quantitative estimate of drug-likeness (QED) is 0.908. The minimum Gasteiger partial charge on any atom is -0.361 e. The normalized spacial score (nSPS) is 17.1. The number of hydrogen-bond donors (Lipinski definition) is 1. The van der Waals surface area contributed by atoms with Crippen LogP contribution in [0, 0.1) is 6.92 Å². The van der Waals surface area contributed by atoms with E-state index in [2.05, 4.69) is 43.4 Å². The molecule has 0 fully saturated rings. The fraction of sp³-hybridized carbons (Fsp3) is 0.316. The summed E-state index contributed by atoms with van der Waals surface area (Å²) in [7, 11) is 0. The molecule has 0 aromatic heterocycles. The Kier molecular flexibility index (Phi) is 4.14. The molecule has 1 aliphatic rings. The second-order valence-electron chi connectivity index (χ2n) is 5.86. The number of amides is 1. The maximum atomic E-state index is 12.9. The third kappa shape index (κ3) is 2.71. The smallest absolute Gasteiger partial charge is 0.257 e. The Labute approximate surface area is 132 Å². The van der Waals surface area contributed by atoms with Crippen LogP contribution in [0.3, 0.4) is 0 Å². The van der Waals surface area contributed by atoms with Crippen molar-refractivity contribution in [3.05, 3.63) is 65.2 Å². The lowest BCUT2D eigenvalue weighted by Crippen LogP contribution is -2.43. The van der Waals surface area contributed by atoms with Gasteiger partial charge in [-0.3, -0.25) is 4.79 Å². The van der Waals surface area contributed by atoms with E-state index in [1.165, 1.54) is 5.56 Å². The molecule has 3 heteroatoms. The zero-order valence-electron chi connectivity index (χ0n) is 13.2. The third-order valence-electron chi connectivity index (χ3n) is 4.17. The van der Waals surface area contributed by atoms with Crippen molar-refractivity contribution in [2.45, 2.75) is 32.9 Å². The van der Waals surface area contributed by atoms with Gasteiger partial charge in [0.2, 0.25) is 0 Å². The number of rotatable bonds is 4. The van der Waals surface area contributed by atoms with Crippen LogP contribution < -0.4 is 5.32 Å². The predicted molar refractivity (Wildman–Crippen MR) is 89.9 cm³/mol. The van der Waals surface area contributed by atoms with Crippen LogP contribution in [0.25, 0.3) is 0 Å². The molecular formula is C19H22N2O. The van der Waals surface area contributed by atoms with E-state index in [0.717, 1.165) is 36.2 Å². The number of carbonyl (C=O) groups excluding carboxylic acids is 1.